The number of amides is 1. The number of aliphatic hydroxyl groups is 1. The average molecular weight is 286 g/mol. The SMILES string of the molecule is CC(CO)NC(=O)C(=O)c1ccc(Br)cc1. The average Bonchev–Trinajstić information content (AvgIpc) is 2.28. The standard InChI is InChI=1S/C11H12BrNO3/c1-7(6-14)13-11(16)10(15)8-2-4-9(12)5-3-8/h2-5,7,14H,6H2,1H3,(H,13,16). The first-order valence-corrected chi connectivity index (χ1v) is 5.55. The van der Waals surface area contributed by atoms with Crippen LogP contribution in [0.1, 0.15) is 17.3 Å². The molecule has 1 unspecified atom stereocenters. The number of nitrogens with one attached hydrogen (secondary N) is 1. The fourth-order valence-corrected chi connectivity index (χ4v) is 1.33. The van der Waals surface area contributed by atoms with E-state index >= 15 is 0 Å². The van der Waals surface area contributed by atoms with Crippen LogP contribution >= 0.6 is 15.9 Å². The molecule has 2 N–H and O–H groups in total. The number of ketones is 1. The molecule has 86 valence electrons. The molecular formula is C11H12BrNO3. The van der Waals surface area contributed by atoms with Gasteiger partial charge in [-0.15, -0.1) is 0 Å². The largest absolute Gasteiger partial charge is 0.394 e. The summed E-state index contributed by atoms with van der Waals surface area (Å²) in [5.41, 5.74) is 0.325. The Balaban J connectivity index is 2.71. The van der Waals surface area contributed by atoms with Gasteiger partial charge in [-0.25, -0.2) is 0 Å². The normalized spacial score (nSPS) is 11.9. The van der Waals surface area contributed by atoms with Crippen molar-refractivity contribution >= 4 is 27.6 Å². The lowest BCUT2D eigenvalue weighted by molar-refractivity contribution is -0.117. The molecule has 0 spiro atoms. The van der Waals surface area contributed by atoms with Gasteiger partial charge >= 0.3 is 0 Å². The molecule has 0 heterocycles. The Morgan fingerprint density at radius 2 is 1.94 bits per heavy atom. The van der Waals surface area contributed by atoms with Crippen LogP contribution in [0.5, 0.6) is 0 Å². The summed E-state index contributed by atoms with van der Waals surface area (Å²) in [6.07, 6.45) is 0. The van der Waals surface area contributed by atoms with Gasteiger partial charge in [0.05, 0.1) is 6.61 Å². The molecule has 1 atom stereocenters. The van der Waals surface area contributed by atoms with Gasteiger partial charge in [0.2, 0.25) is 5.78 Å². The summed E-state index contributed by atoms with van der Waals surface area (Å²) in [6, 6.07) is 6.09. The lowest BCUT2D eigenvalue weighted by Gasteiger charge is -2.09. The van der Waals surface area contributed by atoms with Gasteiger partial charge in [0.1, 0.15) is 0 Å². The number of halogens is 1. The van der Waals surface area contributed by atoms with Gasteiger partial charge in [0.15, 0.2) is 0 Å². The van der Waals surface area contributed by atoms with Gasteiger partial charge in [0.25, 0.3) is 5.91 Å². The van der Waals surface area contributed by atoms with E-state index in [0.29, 0.717) is 5.56 Å². The predicted molar refractivity (Wildman–Crippen MR) is 63.2 cm³/mol. The molecule has 1 amide bonds. The van der Waals surface area contributed by atoms with Crippen LogP contribution in [0, 0.1) is 0 Å². The molecule has 1 aromatic rings. The summed E-state index contributed by atoms with van der Waals surface area (Å²) in [5.74, 6) is -1.31. The smallest absolute Gasteiger partial charge is 0.292 e. The van der Waals surface area contributed by atoms with E-state index in [4.69, 9.17) is 5.11 Å². The Bertz CT molecular complexity index is 389. The summed E-state index contributed by atoms with van der Waals surface area (Å²) in [5, 5.41) is 11.1. The molecule has 0 fully saturated rings. The van der Waals surface area contributed by atoms with Gasteiger partial charge in [-0.2, -0.15) is 0 Å². The monoisotopic (exact) mass is 285 g/mol. The number of hydrogen-bond acceptors (Lipinski definition) is 3. The zero-order valence-corrected chi connectivity index (χ0v) is 10.3. The van der Waals surface area contributed by atoms with Crippen LogP contribution < -0.4 is 5.32 Å². The molecule has 0 aliphatic carbocycles. The molecule has 5 heteroatoms. The Morgan fingerprint density at radius 1 is 1.38 bits per heavy atom. The van der Waals surface area contributed by atoms with Crippen molar-refractivity contribution < 1.29 is 14.7 Å². The molecular weight excluding hydrogens is 274 g/mol. The van der Waals surface area contributed by atoms with Crippen LogP contribution in [0.2, 0.25) is 0 Å². The van der Waals surface area contributed by atoms with Crippen LogP contribution in [0.3, 0.4) is 0 Å². The molecule has 0 radical (unpaired) electrons. The minimum atomic E-state index is -0.705. The van der Waals surface area contributed by atoms with Crippen molar-refractivity contribution in [3.63, 3.8) is 0 Å². The molecule has 0 bridgehead atoms. The lowest BCUT2D eigenvalue weighted by Crippen LogP contribution is -2.39. The number of Topliss-reactive ketones (excluding diaryl/α,β-unsaturated/α-hetero) is 1. The lowest BCUT2D eigenvalue weighted by atomic mass is 10.1. The summed E-state index contributed by atoms with van der Waals surface area (Å²) in [7, 11) is 0. The predicted octanol–water partition coefficient (Wildman–Crippen LogP) is 1.13. The fourth-order valence-electron chi connectivity index (χ4n) is 1.07. The van der Waals surface area contributed by atoms with Crippen LogP contribution in [0.15, 0.2) is 28.7 Å². The van der Waals surface area contributed by atoms with E-state index in [1.807, 2.05) is 0 Å². The molecule has 0 aliphatic heterocycles. The Labute approximate surface area is 102 Å². The molecule has 1 rings (SSSR count). The second-order valence-electron chi connectivity index (χ2n) is 3.39. The van der Waals surface area contributed by atoms with E-state index in [0.717, 1.165) is 4.47 Å². The Hall–Kier alpha value is -1.20. The van der Waals surface area contributed by atoms with Gasteiger partial charge < -0.3 is 10.4 Å². The third-order valence-corrected chi connectivity index (χ3v) is 2.49. The quantitative estimate of drug-likeness (QED) is 0.644. The number of carbonyl (C=O) groups is 2. The van der Waals surface area contributed by atoms with E-state index in [2.05, 4.69) is 21.2 Å². The number of carbonyl (C=O) groups excluding carboxylic acids is 2. The van der Waals surface area contributed by atoms with Crippen LogP contribution in [0.4, 0.5) is 0 Å². The summed E-state index contributed by atoms with van der Waals surface area (Å²) in [6.45, 7) is 1.42. The minimum absolute atomic E-state index is 0.195. The highest BCUT2D eigenvalue weighted by Crippen LogP contribution is 2.10. The number of hydrogen-bond donors (Lipinski definition) is 2. The van der Waals surface area contributed by atoms with Gasteiger partial charge in [-0.3, -0.25) is 9.59 Å². The summed E-state index contributed by atoms with van der Waals surface area (Å²) < 4.78 is 0.841. The zero-order chi connectivity index (χ0) is 12.1. The first-order chi connectivity index (χ1) is 7.54. The van der Waals surface area contributed by atoms with Crippen molar-refractivity contribution in [2.75, 3.05) is 6.61 Å². The topological polar surface area (TPSA) is 66.4 Å². The molecule has 0 saturated carbocycles. The van der Waals surface area contributed by atoms with E-state index in [1.165, 1.54) is 0 Å². The molecule has 0 aromatic heterocycles. The molecule has 16 heavy (non-hydrogen) atoms. The maximum Gasteiger partial charge on any atom is 0.292 e. The third-order valence-electron chi connectivity index (χ3n) is 1.96. The Morgan fingerprint density at radius 3 is 2.44 bits per heavy atom. The molecule has 1 aromatic carbocycles. The summed E-state index contributed by atoms with van der Waals surface area (Å²) in [4.78, 5) is 23.0. The second kappa shape index (κ2) is 5.77. The van der Waals surface area contributed by atoms with Gasteiger partial charge in [-0.1, -0.05) is 15.9 Å². The number of aliphatic hydroxyl groups excluding tert-OH is 1. The van der Waals surface area contributed by atoms with Gasteiger partial charge in [-0.05, 0) is 31.2 Å². The maximum atomic E-state index is 11.6. The van der Waals surface area contributed by atoms with Crippen molar-refractivity contribution in [3.05, 3.63) is 34.3 Å². The van der Waals surface area contributed by atoms with E-state index in [-0.39, 0.29) is 6.61 Å². The van der Waals surface area contributed by atoms with E-state index in [9.17, 15) is 9.59 Å². The fraction of sp³-hybridized carbons (Fsp3) is 0.273. The summed E-state index contributed by atoms with van der Waals surface area (Å²) >= 11 is 3.24. The third kappa shape index (κ3) is 3.43. The van der Waals surface area contributed by atoms with Crippen molar-refractivity contribution in [2.24, 2.45) is 0 Å². The highest BCUT2D eigenvalue weighted by atomic mass is 79.9. The first-order valence-electron chi connectivity index (χ1n) is 4.76. The van der Waals surface area contributed by atoms with Crippen molar-refractivity contribution in [3.8, 4) is 0 Å². The molecule has 0 aliphatic rings. The minimum Gasteiger partial charge on any atom is -0.394 e. The van der Waals surface area contributed by atoms with Crippen molar-refractivity contribution in [2.45, 2.75) is 13.0 Å². The van der Waals surface area contributed by atoms with E-state index in [1.54, 1.807) is 31.2 Å². The first kappa shape index (κ1) is 12.9. The van der Waals surface area contributed by atoms with Crippen LogP contribution in [-0.4, -0.2) is 29.4 Å². The van der Waals surface area contributed by atoms with Crippen molar-refractivity contribution in [1.82, 2.24) is 5.32 Å². The maximum absolute atomic E-state index is 11.6. The second-order valence-corrected chi connectivity index (χ2v) is 4.31. The molecule has 4 nitrogen and oxygen atoms in total. The highest BCUT2D eigenvalue weighted by molar-refractivity contribution is 9.10. The Kier molecular flexibility index (Phi) is 4.64. The number of rotatable bonds is 4. The zero-order valence-electron chi connectivity index (χ0n) is 8.74. The van der Waals surface area contributed by atoms with Crippen molar-refractivity contribution in [1.29, 1.82) is 0 Å². The van der Waals surface area contributed by atoms with E-state index < -0.39 is 17.7 Å². The van der Waals surface area contributed by atoms with Gasteiger partial charge in [0, 0.05) is 16.1 Å². The highest BCUT2D eigenvalue weighted by Gasteiger charge is 2.17. The van der Waals surface area contributed by atoms with Crippen LogP contribution in [0.25, 0.3) is 0 Å². The van der Waals surface area contributed by atoms with Crippen LogP contribution in [-0.2, 0) is 4.79 Å². The molecule has 0 saturated heterocycles. The number of benzene rings is 1.